The molecule has 4 heterocycles. The van der Waals surface area contributed by atoms with Crippen LogP contribution in [0.1, 0.15) is 29.8 Å². The first-order valence-corrected chi connectivity index (χ1v) is 10.8. The fourth-order valence-electron chi connectivity index (χ4n) is 4.25. The van der Waals surface area contributed by atoms with E-state index >= 15 is 0 Å². The van der Waals surface area contributed by atoms with E-state index in [9.17, 15) is 0 Å². The second-order valence-electron chi connectivity index (χ2n) is 7.66. The van der Waals surface area contributed by atoms with Crippen LogP contribution >= 0.6 is 11.3 Å². The van der Waals surface area contributed by atoms with Gasteiger partial charge in [0.1, 0.15) is 0 Å². The molecule has 2 aliphatic rings. The molecule has 2 unspecified atom stereocenters. The lowest BCUT2D eigenvalue weighted by molar-refractivity contribution is 0.188. The molecule has 4 rings (SSSR count). The average Bonchev–Trinajstić information content (AvgIpc) is 3.37. The molecule has 6 nitrogen and oxygen atoms in total. The molecule has 7 heteroatoms. The molecule has 0 spiro atoms. The zero-order valence-electron chi connectivity index (χ0n) is 16.3. The molecular formula is C20H30N6S. The highest BCUT2D eigenvalue weighted by molar-refractivity contribution is 7.10. The highest BCUT2D eigenvalue weighted by Gasteiger charge is 2.29. The predicted molar refractivity (Wildman–Crippen MR) is 111 cm³/mol. The monoisotopic (exact) mass is 386 g/mol. The molecule has 0 amide bonds. The number of aromatic nitrogens is 2. The van der Waals surface area contributed by atoms with Gasteiger partial charge in [-0.3, -0.25) is 9.89 Å². The first-order valence-electron chi connectivity index (χ1n) is 9.95. The molecule has 0 aromatic carbocycles. The van der Waals surface area contributed by atoms with Crippen LogP contribution in [0, 0.1) is 5.92 Å². The summed E-state index contributed by atoms with van der Waals surface area (Å²) in [6, 6.07) is 2.74. The number of imidazole rings is 1. The molecule has 2 atom stereocenters. The van der Waals surface area contributed by atoms with Crippen LogP contribution in [0.5, 0.6) is 0 Å². The van der Waals surface area contributed by atoms with Gasteiger partial charge in [0.2, 0.25) is 0 Å². The first-order chi connectivity index (χ1) is 13.2. The minimum Gasteiger partial charge on any atom is -0.355 e. The summed E-state index contributed by atoms with van der Waals surface area (Å²) in [5.41, 5.74) is 1.52. The van der Waals surface area contributed by atoms with Crippen LogP contribution in [0.25, 0.3) is 0 Å². The van der Waals surface area contributed by atoms with E-state index in [2.05, 4.69) is 54.2 Å². The number of nitrogens with one attached hydrogen (secondary N) is 1. The summed E-state index contributed by atoms with van der Waals surface area (Å²) in [6.45, 7) is 8.64. The lowest BCUT2D eigenvalue weighted by Gasteiger charge is -2.39. The van der Waals surface area contributed by atoms with Crippen molar-refractivity contribution >= 4 is 17.3 Å². The van der Waals surface area contributed by atoms with Crippen molar-refractivity contribution in [3.63, 3.8) is 0 Å². The molecule has 1 fully saturated rings. The smallest absolute Gasteiger partial charge is 0.193 e. The Morgan fingerprint density at radius 2 is 2.33 bits per heavy atom. The number of rotatable bonds is 4. The van der Waals surface area contributed by atoms with Crippen molar-refractivity contribution in [3.05, 3.63) is 40.6 Å². The van der Waals surface area contributed by atoms with E-state index in [0.29, 0.717) is 12.0 Å². The third-order valence-electron chi connectivity index (χ3n) is 5.94. The maximum atomic E-state index is 4.55. The van der Waals surface area contributed by atoms with Crippen LogP contribution < -0.4 is 5.32 Å². The number of guanidine groups is 1. The van der Waals surface area contributed by atoms with Gasteiger partial charge in [0, 0.05) is 63.6 Å². The quantitative estimate of drug-likeness (QED) is 0.648. The summed E-state index contributed by atoms with van der Waals surface area (Å²) < 4.78 is 2.25. The first kappa shape index (κ1) is 18.5. The summed E-state index contributed by atoms with van der Waals surface area (Å²) >= 11 is 1.90. The van der Waals surface area contributed by atoms with Crippen LogP contribution in [0.4, 0.5) is 0 Å². The van der Waals surface area contributed by atoms with Gasteiger partial charge in [0.15, 0.2) is 5.96 Å². The topological polar surface area (TPSA) is 48.7 Å². The Balaban J connectivity index is 1.29. The Morgan fingerprint density at radius 1 is 1.41 bits per heavy atom. The van der Waals surface area contributed by atoms with Gasteiger partial charge < -0.3 is 14.8 Å². The highest BCUT2D eigenvalue weighted by Crippen LogP contribution is 2.27. The predicted octanol–water partition coefficient (Wildman–Crippen LogP) is 2.46. The van der Waals surface area contributed by atoms with Crippen LogP contribution in [0.3, 0.4) is 0 Å². The molecule has 2 aromatic rings. The number of likely N-dealkylation sites (tertiary alicyclic amines) is 1. The van der Waals surface area contributed by atoms with Crippen molar-refractivity contribution in [2.45, 2.75) is 32.4 Å². The molecule has 0 radical (unpaired) electrons. The summed E-state index contributed by atoms with van der Waals surface area (Å²) in [5.74, 6) is 1.68. The van der Waals surface area contributed by atoms with Gasteiger partial charge in [-0.2, -0.15) is 0 Å². The summed E-state index contributed by atoms with van der Waals surface area (Å²) in [7, 11) is 1.89. The number of nitrogens with zero attached hydrogens (tertiary/aromatic N) is 5. The lowest BCUT2D eigenvalue weighted by atomic mass is 9.93. The second-order valence-corrected chi connectivity index (χ2v) is 8.66. The lowest BCUT2D eigenvalue weighted by Crippen LogP contribution is -2.50. The van der Waals surface area contributed by atoms with E-state index in [1.54, 1.807) is 4.88 Å². The summed E-state index contributed by atoms with van der Waals surface area (Å²) in [5, 5.41) is 5.82. The third-order valence-corrected chi connectivity index (χ3v) is 6.96. The van der Waals surface area contributed by atoms with E-state index in [1.807, 2.05) is 30.9 Å². The molecule has 146 valence electrons. The number of fused-ring (bicyclic) bond motifs is 1. The fourth-order valence-corrected chi connectivity index (χ4v) is 5.14. The highest BCUT2D eigenvalue weighted by atomic mass is 32.1. The van der Waals surface area contributed by atoms with Crippen molar-refractivity contribution in [3.8, 4) is 0 Å². The molecule has 0 aliphatic carbocycles. The number of piperidine rings is 1. The van der Waals surface area contributed by atoms with Crippen LogP contribution in [-0.4, -0.2) is 65.1 Å². The van der Waals surface area contributed by atoms with Crippen molar-refractivity contribution < 1.29 is 0 Å². The molecule has 0 saturated carbocycles. The van der Waals surface area contributed by atoms with Gasteiger partial charge in [0.25, 0.3) is 0 Å². The zero-order chi connectivity index (χ0) is 18.6. The van der Waals surface area contributed by atoms with Crippen molar-refractivity contribution in [1.29, 1.82) is 0 Å². The number of hydrogen-bond donors (Lipinski definition) is 1. The standard InChI is InChI=1S/C20H30N6S/c1-16-3-9-25(14-18(16)26-11-6-22-15-26)20(21-2)23-7-10-24-8-4-19-17(13-24)5-12-27-19/h5-6,11-12,15-16,18H,3-4,7-10,13-14H2,1-2H3,(H,21,23). The van der Waals surface area contributed by atoms with E-state index < -0.39 is 0 Å². The maximum absolute atomic E-state index is 4.55. The molecule has 2 aliphatic heterocycles. The zero-order valence-corrected chi connectivity index (χ0v) is 17.2. The fraction of sp³-hybridized carbons (Fsp3) is 0.600. The summed E-state index contributed by atoms with van der Waals surface area (Å²) in [6.07, 6.45) is 8.26. The van der Waals surface area contributed by atoms with Crippen molar-refractivity contribution in [2.75, 3.05) is 39.8 Å². The third kappa shape index (κ3) is 4.19. The SMILES string of the molecule is CN=C(NCCN1CCc2sccc2C1)N1CCC(C)C(n2ccnc2)C1. The van der Waals surface area contributed by atoms with Gasteiger partial charge in [-0.25, -0.2) is 4.98 Å². The van der Waals surface area contributed by atoms with Crippen LogP contribution in [0.2, 0.25) is 0 Å². The minimum atomic E-state index is 0.457. The van der Waals surface area contributed by atoms with E-state index in [-0.39, 0.29) is 0 Å². The Kier molecular flexibility index (Phi) is 5.78. The van der Waals surface area contributed by atoms with E-state index in [0.717, 1.165) is 45.2 Å². The number of aliphatic imine (C=N–C) groups is 1. The molecule has 0 bridgehead atoms. The number of hydrogen-bond acceptors (Lipinski definition) is 4. The largest absolute Gasteiger partial charge is 0.355 e. The van der Waals surface area contributed by atoms with Gasteiger partial charge in [-0.05, 0) is 35.8 Å². The number of thiophene rings is 1. The van der Waals surface area contributed by atoms with Gasteiger partial charge in [0.05, 0.1) is 12.4 Å². The molecule has 1 N–H and O–H groups in total. The molecule has 27 heavy (non-hydrogen) atoms. The van der Waals surface area contributed by atoms with Gasteiger partial charge in [-0.1, -0.05) is 6.92 Å². The maximum Gasteiger partial charge on any atom is 0.193 e. The van der Waals surface area contributed by atoms with Crippen LogP contribution in [-0.2, 0) is 13.0 Å². The van der Waals surface area contributed by atoms with Gasteiger partial charge >= 0.3 is 0 Å². The second kappa shape index (κ2) is 8.44. The van der Waals surface area contributed by atoms with Crippen LogP contribution in [0.15, 0.2) is 35.2 Å². The normalized spacial score (nSPS) is 24.1. The van der Waals surface area contributed by atoms with E-state index in [1.165, 1.54) is 18.4 Å². The van der Waals surface area contributed by atoms with Gasteiger partial charge in [-0.15, -0.1) is 11.3 Å². The Morgan fingerprint density at radius 3 is 3.15 bits per heavy atom. The molecular weight excluding hydrogens is 356 g/mol. The Bertz CT molecular complexity index is 752. The molecule has 2 aromatic heterocycles. The van der Waals surface area contributed by atoms with Crippen molar-refractivity contribution in [2.24, 2.45) is 10.9 Å². The Labute approximate surface area is 165 Å². The Hall–Kier alpha value is -1.86. The van der Waals surface area contributed by atoms with Crippen molar-refractivity contribution in [1.82, 2.24) is 24.7 Å². The minimum absolute atomic E-state index is 0.457. The summed E-state index contributed by atoms with van der Waals surface area (Å²) in [4.78, 5) is 15.3. The van der Waals surface area contributed by atoms with E-state index in [4.69, 9.17) is 0 Å². The molecule has 1 saturated heterocycles. The average molecular weight is 387 g/mol.